The van der Waals surface area contributed by atoms with Gasteiger partial charge in [0.25, 0.3) is 0 Å². The first kappa shape index (κ1) is 20.9. The fraction of sp³-hybridized carbons (Fsp3) is 0.375. The van der Waals surface area contributed by atoms with Crippen molar-refractivity contribution in [3.05, 3.63) is 52.4 Å². The number of methoxy groups -OCH3 is 1. The summed E-state index contributed by atoms with van der Waals surface area (Å²) in [6.07, 6.45) is 1.93. The number of unbranched alkanes of at least 4 members (excludes halogenated alkanes) is 1. The van der Waals surface area contributed by atoms with Crippen LogP contribution in [0.15, 0.2) is 41.2 Å². The Hall–Kier alpha value is -3.35. The zero-order valence-electron chi connectivity index (χ0n) is 18.4. The quantitative estimate of drug-likeness (QED) is 0.443. The molecule has 0 radical (unpaired) electrons. The monoisotopic (exact) mass is 420 g/mol. The molecule has 0 aliphatic rings. The number of fused-ring (bicyclic) bond motifs is 2. The average molecular weight is 421 g/mol. The van der Waals surface area contributed by atoms with E-state index in [-0.39, 0.29) is 11.7 Å². The second kappa shape index (κ2) is 8.41. The zero-order chi connectivity index (χ0) is 22.1. The van der Waals surface area contributed by atoms with Gasteiger partial charge in [-0.1, -0.05) is 33.3 Å². The van der Waals surface area contributed by atoms with Crippen molar-refractivity contribution >= 4 is 28.0 Å². The number of para-hydroxylation sites is 1. The third kappa shape index (κ3) is 3.76. The maximum Gasteiger partial charge on any atom is 0.337 e. The number of imidazole rings is 2. The number of hydrogen-bond donors (Lipinski definition) is 1. The van der Waals surface area contributed by atoms with Gasteiger partial charge >= 0.3 is 11.7 Å². The van der Waals surface area contributed by atoms with Crippen molar-refractivity contribution < 1.29 is 9.53 Å². The lowest BCUT2D eigenvalue weighted by molar-refractivity contribution is 0.0601. The van der Waals surface area contributed by atoms with Crippen molar-refractivity contribution in [3.63, 3.8) is 0 Å². The van der Waals surface area contributed by atoms with Gasteiger partial charge in [-0.3, -0.25) is 4.57 Å². The van der Waals surface area contributed by atoms with Crippen LogP contribution < -0.4 is 5.69 Å². The molecule has 0 aliphatic heterocycles. The minimum absolute atomic E-state index is 0.101. The summed E-state index contributed by atoms with van der Waals surface area (Å²) in [5.74, 6) is 0.799. The van der Waals surface area contributed by atoms with Crippen molar-refractivity contribution in [2.45, 2.75) is 46.7 Å². The van der Waals surface area contributed by atoms with Crippen molar-refractivity contribution in [2.24, 2.45) is 5.92 Å². The predicted molar refractivity (Wildman–Crippen MR) is 122 cm³/mol. The molecule has 31 heavy (non-hydrogen) atoms. The lowest BCUT2D eigenvalue weighted by Gasteiger charge is -2.13. The molecule has 0 atom stereocenters. The summed E-state index contributed by atoms with van der Waals surface area (Å²) in [6, 6.07) is 11.3. The Morgan fingerprint density at radius 1 is 1.19 bits per heavy atom. The molecule has 7 nitrogen and oxygen atoms in total. The van der Waals surface area contributed by atoms with Crippen LogP contribution in [-0.2, 0) is 17.8 Å². The number of H-pyrrole nitrogens is 1. The highest BCUT2D eigenvalue weighted by Crippen LogP contribution is 2.31. The van der Waals surface area contributed by atoms with Gasteiger partial charge in [0.15, 0.2) is 0 Å². The summed E-state index contributed by atoms with van der Waals surface area (Å²) < 4.78 is 8.86. The highest BCUT2D eigenvalue weighted by Gasteiger charge is 2.20. The van der Waals surface area contributed by atoms with Gasteiger partial charge in [-0.2, -0.15) is 0 Å². The highest BCUT2D eigenvalue weighted by molar-refractivity contribution is 5.96. The molecule has 0 saturated heterocycles. The molecule has 0 fully saturated rings. The Morgan fingerprint density at radius 3 is 2.71 bits per heavy atom. The van der Waals surface area contributed by atoms with E-state index < -0.39 is 0 Å². The molecule has 4 aromatic rings. The van der Waals surface area contributed by atoms with Gasteiger partial charge in [0.05, 0.1) is 34.7 Å². The van der Waals surface area contributed by atoms with Crippen LogP contribution in [0.1, 0.15) is 44.0 Å². The minimum Gasteiger partial charge on any atom is -0.465 e. The molecule has 2 aromatic carbocycles. The molecule has 0 saturated carbocycles. The standard InChI is InChI=1S/C24H28N4O3/c1-5-6-12-27-21-17(8-7-9-18(21)26-24(27)30)22-25-19-13-16(23(29)31-4)10-11-20(19)28(22)14-15(2)3/h7-11,13,15H,5-6,12,14H2,1-4H3,(H,26,30). The van der Waals surface area contributed by atoms with E-state index in [0.29, 0.717) is 18.0 Å². The van der Waals surface area contributed by atoms with Gasteiger partial charge in [-0.05, 0) is 42.7 Å². The number of aryl methyl sites for hydroxylation is 1. The normalized spacial score (nSPS) is 11.6. The van der Waals surface area contributed by atoms with Crippen molar-refractivity contribution in [1.29, 1.82) is 0 Å². The highest BCUT2D eigenvalue weighted by atomic mass is 16.5. The smallest absolute Gasteiger partial charge is 0.337 e. The molecule has 1 N–H and O–H groups in total. The first-order valence-electron chi connectivity index (χ1n) is 10.7. The van der Waals surface area contributed by atoms with Crippen LogP contribution in [0, 0.1) is 5.92 Å². The van der Waals surface area contributed by atoms with E-state index in [2.05, 4.69) is 30.3 Å². The van der Waals surface area contributed by atoms with Gasteiger partial charge in [0.2, 0.25) is 0 Å². The number of aromatic amines is 1. The Kier molecular flexibility index (Phi) is 5.67. The lowest BCUT2D eigenvalue weighted by Crippen LogP contribution is -2.17. The minimum atomic E-state index is -0.386. The van der Waals surface area contributed by atoms with Crippen LogP contribution in [0.4, 0.5) is 0 Å². The molecule has 7 heteroatoms. The number of aromatic nitrogens is 4. The fourth-order valence-electron chi connectivity index (χ4n) is 4.06. The van der Waals surface area contributed by atoms with Gasteiger partial charge in [0, 0.05) is 18.7 Å². The predicted octanol–water partition coefficient (Wildman–Crippen LogP) is 4.59. The third-order valence-electron chi connectivity index (χ3n) is 5.49. The number of esters is 1. The molecule has 0 amide bonds. The second-order valence-electron chi connectivity index (χ2n) is 8.27. The Bertz CT molecular complexity index is 1310. The van der Waals surface area contributed by atoms with E-state index >= 15 is 0 Å². The van der Waals surface area contributed by atoms with Crippen LogP contribution in [-0.4, -0.2) is 32.2 Å². The van der Waals surface area contributed by atoms with Crippen LogP contribution in [0.25, 0.3) is 33.5 Å². The van der Waals surface area contributed by atoms with Crippen molar-refractivity contribution in [2.75, 3.05) is 7.11 Å². The molecule has 162 valence electrons. The summed E-state index contributed by atoms with van der Waals surface area (Å²) >= 11 is 0. The number of rotatable bonds is 7. The van der Waals surface area contributed by atoms with Gasteiger partial charge in [-0.15, -0.1) is 0 Å². The van der Waals surface area contributed by atoms with Crippen molar-refractivity contribution in [1.82, 2.24) is 19.1 Å². The summed E-state index contributed by atoms with van der Waals surface area (Å²) in [4.78, 5) is 32.6. The van der Waals surface area contributed by atoms with Crippen LogP contribution in [0.2, 0.25) is 0 Å². The Morgan fingerprint density at radius 2 is 2.00 bits per heavy atom. The largest absolute Gasteiger partial charge is 0.465 e. The Labute approximate surface area is 180 Å². The zero-order valence-corrected chi connectivity index (χ0v) is 18.4. The summed E-state index contributed by atoms with van der Waals surface area (Å²) in [5, 5.41) is 0. The number of carbonyl (C=O) groups excluding carboxylic acids is 1. The fourth-order valence-corrected chi connectivity index (χ4v) is 4.06. The van der Waals surface area contributed by atoms with Gasteiger partial charge in [0.1, 0.15) is 5.82 Å². The van der Waals surface area contributed by atoms with Gasteiger partial charge in [-0.25, -0.2) is 14.6 Å². The molecule has 2 aromatic heterocycles. The number of benzene rings is 2. The van der Waals surface area contributed by atoms with Crippen molar-refractivity contribution in [3.8, 4) is 11.4 Å². The first-order chi connectivity index (χ1) is 14.9. The molecule has 0 bridgehead atoms. The molecule has 0 spiro atoms. The lowest BCUT2D eigenvalue weighted by atomic mass is 10.1. The van der Waals surface area contributed by atoms with E-state index in [4.69, 9.17) is 9.72 Å². The summed E-state index contributed by atoms with van der Waals surface area (Å²) in [5.41, 5.74) is 4.63. The van der Waals surface area contributed by atoms with E-state index in [1.165, 1.54) is 7.11 Å². The number of carbonyl (C=O) groups is 1. The summed E-state index contributed by atoms with van der Waals surface area (Å²) in [6.45, 7) is 7.85. The molecular weight excluding hydrogens is 392 g/mol. The number of nitrogens with one attached hydrogen (secondary N) is 1. The SMILES string of the molecule is CCCCn1c(=O)[nH]c2cccc(-c3nc4cc(C(=O)OC)ccc4n3CC(C)C)c21. The van der Waals surface area contributed by atoms with E-state index in [9.17, 15) is 9.59 Å². The molecule has 4 rings (SSSR count). The molecule has 0 aliphatic carbocycles. The number of ether oxygens (including phenoxy) is 1. The number of nitrogens with zero attached hydrogens (tertiary/aromatic N) is 3. The second-order valence-corrected chi connectivity index (χ2v) is 8.27. The van der Waals surface area contributed by atoms with E-state index in [1.54, 1.807) is 12.1 Å². The van der Waals surface area contributed by atoms with Crippen LogP contribution in [0.3, 0.4) is 0 Å². The maximum absolute atomic E-state index is 12.6. The Balaban J connectivity index is 1.99. The first-order valence-corrected chi connectivity index (χ1v) is 10.7. The average Bonchev–Trinajstić information content (AvgIpc) is 3.27. The maximum atomic E-state index is 12.6. The third-order valence-corrected chi connectivity index (χ3v) is 5.49. The van der Waals surface area contributed by atoms with E-state index in [0.717, 1.165) is 52.8 Å². The molecular formula is C24H28N4O3. The summed E-state index contributed by atoms with van der Waals surface area (Å²) in [7, 11) is 1.37. The molecule has 0 unspecified atom stereocenters. The topological polar surface area (TPSA) is 81.9 Å². The number of hydrogen-bond acceptors (Lipinski definition) is 4. The van der Waals surface area contributed by atoms with Gasteiger partial charge < -0.3 is 14.3 Å². The molecule has 2 heterocycles. The van der Waals surface area contributed by atoms with Crippen LogP contribution >= 0.6 is 0 Å². The van der Waals surface area contributed by atoms with E-state index in [1.807, 2.05) is 28.8 Å². The van der Waals surface area contributed by atoms with Crippen LogP contribution in [0.5, 0.6) is 0 Å².